The van der Waals surface area contributed by atoms with Crippen molar-refractivity contribution in [2.75, 3.05) is 17.2 Å². The van der Waals surface area contributed by atoms with Gasteiger partial charge in [-0.05, 0) is 36.2 Å². The molecule has 2 N–H and O–H groups in total. The molecule has 29 heavy (non-hydrogen) atoms. The minimum Gasteiger partial charge on any atom is -0.379 e. The first-order chi connectivity index (χ1) is 13.4. The van der Waals surface area contributed by atoms with Gasteiger partial charge in [-0.25, -0.2) is 8.42 Å². The second-order valence-electron chi connectivity index (χ2n) is 5.94. The number of carbonyl (C=O) groups is 1. The van der Waals surface area contributed by atoms with Gasteiger partial charge in [0.25, 0.3) is 15.5 Å². The molecule has 1 amide bonds. The summed E-state index contributed by atoms with van der Waals surface area (Å²) in [6.07, 6.45) is 0.417. The fourth-order valence-corrected chi connectivity index (χ4v) is 3.19. The van der Waals surface area contributed by atoms with Crippen LogP contribution in [0.1, 0.15) is 12.5 Å². The van der Waals surface area contributed by atoms with Crippen LogP contribution >= 0.6 is 0 Å². The average molecular weight is 431 g/mol. The highest BCUT2D eigenvalue weighted by Gasteiger charge is 2.47. The van der Waals surface area contributed by atoms with Gasteiger partial charge in [-0.2, -0.15) is 13.2 Å². The maximum Gasteiger partial charge on any atom is 0.501 e. The van der Waals surface area contributed by atoms with E-state index in [1.165, 1.54) is 6.92 Å². The maximum absolute atomic E-state index is 12.6. The Hall–Kier alpha value is -3.15. The van der Waals surface area contributed by atoms with Gasteiger partial charge in [-0.1, -0.05) is 12.1 Å². The summed E-state index contributed by atoms with van der Waals surface area (Å²) in [5.41, 5.74) is -5.00. The largest absolute Gasteiger partial charge is 0.501 e. The standard InChI is InChI=1S/C17H16F3N3O5S/c1-11(24)22-13-4-2-12(3-5-13)8-9-21-15-7-6-14(10-16(15)23(25)26)29(27,28)17(18,19)20/h2-7,10,21H,8-9H2,1H3,(H,22,24). The van der Waals surface area contributed by atoms with Crippen LogP contribution in [0.5, 0.6) is 0 Å². The van der Waals surface area contributed by atoms with Gasteiger partial charge in [0.15, 0.2) is 0 Å². The van der Waals surface area contributed by atoms with Crippen molar-refractivity contribution in [3.63, 3.8) is 0 Å². The second-order valence-corrected chi connectivity index (χ2v) is 7.88. The molecule has 0 aliphatic carbocycles. The zero-order valence-electron chi connectivity index (χ0n) is 15.0. The van der Waals surface area contributed by atoms with E-state index in [2.05, 4.69) is 10.6 Å². The number of hydrogen-bond donors (Lipinski definition) is 2. The first-order valence-electron chi connectivity index (χ1n) is 8.12. The zero-order chi connectivity index (χ0) is 21.8. The van der Waals surface area contributed by atoms with Gasteiger partial charge in [0.2, 0.25) is 5.91 Å². The summed E-state index contributed by atoms with van der Waals surface area (Å²) in [5, 5.41) is 16.5. The molecule has 2 aromatic carbocycles. The lowest BCUT2D eigenvalue weighted by atomic mass is 10.1. The van der Waals surface area contributed by atoms with Crippen LogP contribution in [0.4, 0.5) is 30.2 Å². The zero-order valence-corrected chi connectivity index (χ0v) is 15.8. The number of nitro groups is 1. The van der Waals surface area contributed by atoms with Crippen molar-refractivity contribution >= 4 is 32.8 Å². The van der Waals surface area contributed by atoms with Crippen LogP contribution in [0, 0.1) is 10.1 Å². The third-order valence-corrected chi connectivity index (χ3v) is 5.27. The number of anilines is 2. The number of benzene rings is 2. The lowest BCUT2D eigenvalue weighted by Crippen LogP contribution is -2.23. The molecule has 0 bridgehead atoms. The SMILES string of the molecule is CC(=O)Nc1ccc(CCNc2ccc(S(=O)(=O)C(F)(F)F)cc2[N+](=O)[O-])cc1. The van der Waals surface area contributed by atoms with Crippen LogP contribution in [0.15, 0.2) is 47.4 Å². The smallest absolute Gasteiger partial charge is 0.379 e. The van der Waals surface area contributed by atoms with Crippen molar-refractivity contribution < 1.29 is 31.3 Å². The summed E-state index contributed by atoms with van der Waals surface area (Å²) in [5.74, 6) is -0.220. The summed E-state index contributed by atoms with van der Waals surface area (Å²) in [6.45, 7) is 1.57. The Morgan fingerprint density at radius 3 is 2.28 bits per heavy atom. The third kappa shape index (κ3) is 5.44. The molecule has 12 heteroatoms. The van der Waals surface area contributed by atoms with Gasteiger partial charge < -0.3 is 10.6 Å². The van der Waals surface area contributed by atoms with E-state index in [9.17, 15) is 36.5 Å². The lowest BCUT2D eigenvalue weighted by Gasteiger charge is -2.11. The molecule has 0 saturated heterocycles. The molecular formula is C17H16F3N3O5S. The van der Waals surface area contributed by atoms with Crippen molar-refractivity contribution in [2.45, 2.75) is 23.7 Å². The van der Waals surface area contributed by atoms with Gasteiger partial charge in [0.05, 0.1) is 9.82 Å². The summed E-state index contributed by atoms with van der Waals surface area (Å²) in [6, 6.07) is 8.80. The molecule has 0 aliphatic rings. The number of amides is 1. The number of halogens is 3. The molecular weight excluding hydrogens is 415 g/mol. The van der Waals surface area contributed by atoms with Gasteiger partial charge >= 0.3 is 5.51 Å². The maximum atomic E-state index is 12.6. The Morgan fingerprint density at radius 1 is 1.14 bits per heavy atom. The highest BCUT2D eigenvalue weighted by atomic mass is 32.2. The molecule has 0 aromatic heterocycles. The van der Waals surface area contributed by atoms with Gasteiger partial charge in [0.1, 0.15) is 5.69 Å². The number of carbonyl (C=O) groups excluding carboxylic acids is 1. The Kier molecular flexibility index (Phi) is 6.47. The first kappa shape index (κ1) is 22.1. The lowest BCUT2D eigenvalue weighted by molar-refractivity contribution is -0.384. The number of nitrogens with one attached hydrogen (secondary N) is 2. The Morgan fingerprint density at radius 2 is 1.76 bits per heavy atom. The molecule has 2 aromatic rings. The number of nitrogens with zero attached hydrogens (tertiary/aromatic N) is 1. The van der Waals surface area contributed by atoms with Gasteiger partial charge in [-0.15, -0.1) is 0 Å². The van der Waals surface area contributed by atoms with Crippen LogP contribution in [0.3, 0.4) is 0 Å². The Bertz CT molecular complexity index is 1020. The molecule has 0 saturated carbocycles. The van der Waals surface area contributed by atoms with Crippen LogP contribution < -0.4 is 10.6 Å². The van der Waals surface area contributed by atoms with E-state index in [1.807, 2.05) is 0 Å². The minimum atomic E-state index is -5.69. The molecule has 2 rings (SSSR count). The van der Waals surface area contributed by atoms with Gasteiger partial charge in [-0.3, -0.25) is 14.9 Å². The molecule has 0 unspecified atom stereocenters. The number of rotatable bonds is 7. The van der Waals surface area contributed by atoms with E-state index in [0.717, 1.165) is 11.6 Å². The van der Waals surface area contributed by atoms with E-state index >= 15 is 0 Å². The number of alkyl halides is 3. The minimum absolute atomic E-state index is 0.106. The summed E-state index contributed by atoms with van der Waals surface area (Å²) >= 11 is 0. The molecule has 8 nitrogen and oxygen atoms in total. The monoisotopic (exact) mass is 431 g/mol. The van der Waals surface area contributed by atoms with Crippen LogP contribution in [-0.2, 0) is 21.1 Å². The summed E-state index contributed by atoms with van der Waals surface area (Å²) < 4.78 is 60.8. The van der Waals surface area contributed by atoms with Gasteiger partial charge in [0, 0.05) is 25.2 Å². The topological polar surface area (TPSA) is 118 Å². The van der Waals surface area contributed by atoms with Crippen molar-refractivity contribution in [3.8, 4) is 0 Å². The predicted molar refractivity (Wildman–Crippen MR) is 99.3 cm³/mol. The number of sulfone groups is 1. The van der Waals surface area contributed by atoms with Crippen LogP contribution in [-0.4, -0.2) is 31.3 Å². The molecule has 156 valence electrons. The van der Waals surface area contributed by atoms with E-state index in [0.29, 0.717) is 24.2 Å². The third-order valence-electron chi connectivity index (χ3n) is 3.78. The van der Waals surface area contributed by atoms with Crippen molar-refractivity contribution in [3.05, 3.63) is 58.1 Å². The van der Waals surface area contributed by atoms with Crippen molar-refractivity contribution in [2.24, 2.45) is 0 Å². The molecule has 0 spiro atoms. The molecule has 0 radical (unpaired) electrons. The number of nitro benzene ring substituents is 1. The quantitative estimate of drug-likeness (QED) is 0.512. The molecule has 0 heterocycles. The number of hydrogen-bond acceptors (Lipinski definition) is 6. The second kappa shape index (κ2) is 8.47. The average Bonchev–Trinajstić information content (AvgIpc) is 2.61. The van der Waals surface area contributed by atoms with E-state index in [1.54, 1.807) is 24.3 Å². The van der Waals surface area contributed by atoms with E-state index < -0.39 is 30.9 Å². The van der Waals surface area contributed by atoms with E-state index in [4.69, 9.17) is 0 Å². The van der Waals surface area contributed by atoms with Crippen LogP contribution in [0.2, 0.25) is 0 Å². The normalized spacial score (nSPS) is 11.7. The highest BCUT2D eigenvalue weighted by molar-refractivity contribution is 7.92. The predicted octanol–water partition coefficient (Wildman–Crippen LogP) is 3.50. The molecule has 0 fully saturated rings. The summed E-state index contributed by atoms with van der Waals surface area (Å²) in [4.78, 5) is 20.0. The molecule has 0 aliphatic heterocycles. The van der Waals surface area contributed by atoms with Crippen molar-refractivity contribution in [1.29, 1.82) is 0 Å². The fourth-order valence-electron chi connectivity index (χ4n) is 2.41. The van der Waals surface area contributed by atoms with Crippen LogP contribution in [0.25, 0.3) is 0 Å². The summed E-state index contributed by atoms with van der Waals surface area (Å²) in [7, 11) is -5.69. The highest BCUT2D eigenvalue weighted by Crippen LogP contribution is 2.34. The fraction of sp³-hybridized carbons (Fsp3) is 0.235. The first-order valence-corrected chi connectivity index (χ1v) is 9.60. The van der Waals surface area contributed by atoms with E-state index in [-0.39, 0.29) is 18.1 Å². The van der Waals surface area contributed by atoms with Crippen molar-refractivity contribution in [1.82, 2.24) is 0 Å². The Labute approximate surface area is 163 Å². The Balaban J connectivity index is 2.13. The molecule has 0 atom stereocenters.